The molecule has 19 heavy (non-hydrogen) atoms. The molecule has 3 N–H and O–H groups in total. The highest BCUT2D eigenvalue weighted by Gasteiger charge is 2.21. The van der Waals surface area contributed by atoms with E-state index >= 15 is 0 Å². The average molecular weight is 266 g/mol. The molecular formula is C14H22N2O3. The van der Waals surface area contributed by atoms with E-state index < -0.39 is 5.97 Å². The van der Waals surface area contributed by atoms with Crippen molar-refractivity contribution in [3.05, 3.63) is 23.8 Å². The Morgan fingerprint density at radius 1 is 1.47 bits per heavy atom. The number of carbonyl (C=O) groups excluding carboxylic acids is 1. The minimum absolute atomic E-state index is 0.00518. The SMILES string of the molecule is CCOC(=O)c1cccc(N)c1N(CCO)C(C)C. The van der Waals surface area contributed by atoms with Crippen LogP contribution in [-0.2, 0) is 4.74 Å². The lowest BCUT2D eigenvalue weighted by Gasteiger charge is -2.30. The number of nitrogens with zero attached hydrogens (tertiary/aromatic N) is 1. The first-order valence-electron chi connectivity index (χ1n) is 6.46. The van der Waals surface area contributed by atoms with Gasteiger partial charge >= 0.3 is 5.97 Å². The number of aliphatic hydroxyl groups is 1. The van der Waals surface area contributed by atoms with Gasteiger partial charge in [0.05, 0.1) is 30.2 Å². The molecule has 0 radical (unpaired) electrons. The van der Waals surface area contributed by atoms with Gasteiger partial charge in [0.1, 0.15) is 0 Å². The number of rotatable bonds is 6. The van der Waals surface area contributed by atoms with Crippen LogP contribution in [0.2, 0.25) is 0 Å². The Balaban J connectivity index is 3.26. The van der Waals surface area contributed by atoms with E-state index in [9.17, 15) is 9.90 Å². The van der Waals surface area contributed by atoms with Crippen LogP contribution in [0.15, 0.2) is 18.2 Å². The smallest absolute Gasteiger partial charge is 0.340 e. The molecule has 0 heterocycles. The second-order valence-corrected chi connectivity index (χ2v) is 4.47. The van der Waals surface area contributed by atoms with E-state index in [1.165, 1.54) is 0 Å². The van der Waals surface area contributed by atoms with Gasteiger partial charge in [-0.05, 0) is 32.9 Å². The third-order valence-electron chi connectivity index (χ3n) is 2.81. The van der Waals surface area contributed by atoms with Crippen LogP contribution >= 0.6 is 0 Å². The molecule has 1 aromatic rings. The lowest BCUT2D eigenvalue weighted by molar-refractivity contribution is 0.0527. The van der Waals surface area contributed by atoms with E-state index in [0.717, 1.165) is 0 Å². The quantitative estimate of drug-likeness (QED) is 0.605. The summed E-state index contributed by atoms with van der Waals surface area (Å²) in [5.74, 6) is -0.395. The Kier molecular flexibility index (Phi) is 5.63. The average Bonchev–Trinajstić information content (AvgIpc) is 2.36. The van der Waals surface area contributed by atoms with Gasteiger partial charge in [0.15, 0.2) is 0 Å². The summed E-state index contributed by atoms with van der Waals surface area (Å²) in [7, 11) is 0. The summed E-state index contributed by atoms with van der Waals surface area (Å²) >= 11 is 0. The number of anilines is 2. The highest BCUT2D eigenvalue weighted by Crippen LogP contribution is 2.30. The van der Waals surface area contributed by atoms with Crippen LogP contribution in [-0.4, -0.2) is 36.9 Å². The van der Waals surface area contributed by atoms with Gasteiger partial charge in [-0.15, -0.1) is 0 Å². The fraction of sp³-hybridized carbons (Fsp3) is 0.500. The van der Waals surface area contributed by atoms with Crippen molar-refractivity contribution in [3.8, 4) is 0 Å². The van der Waals surface area contributed by atoms with Gasteiger partial charge in [-0.25, -0.2) is 4.79 Å². The molecule has 0 saturated heterocycles. The number of nitrogens with two attached hydrogens (primary N) is 1. The number of ether oxygens (including phenoxy) is 1. The lowest BCUT2D eigenvalue weighted by Crippen LogP contribution is -2.35. The van der Waals surface area contributed by atoms with Crippen LogP contribution < -0.4 is 10.6 Å². The van der Waals surface area contributed by atoms with Gasteiger partial charge in [-0.3, -0.25) is 0 Å². The molecule has 106 valence electrons. The molecule has 1 rings (SSSR count). The summed E-state index contributed by atoms with van der Waals surface area (Å²) in [5.41, 5.74) is 7.56. The van der Waals surface area contributed by atoms with Gasteiger partial charge in [-0.1, -0.05) is 6.07 Å². The molecule has 0 aliphatic rings. The first kappa shape index (κ1) is 15.3. The van der Waals surface area contributed by atoms with Crippen molar-refractivity contribution in [2.24, 2.45) is 0 Å². The Morgan fingerprint density at radius 3 is 2.68 bits per heavy atom. The zero-order valence-corrected chi connectivity index (χ0v) is 11.7. The molecule has 0 unspecified atom stereocenters. The van der Waals surface area contributed by atoms with Crippen LogP contribution in [0.1, 0.15) is 31.1 Å². The van der Waals surface area contributed by atoms with Gasteiger partial charge < -0.3 is 20.5 Å². The van der Waals surface area contributed by atoms with Gasteiger partial charge in [0.25, 0.3) is 0 Å². The van der Waals surface area contributed by atoms with Crippen LogP contribution in [0.25, 0.3) is 0 Å². The predicted molar refractivity (Wildman–Crippen MR) is 76.4 cm³/mol. The Hall–Kier alpha value is -1.75. The first-order valence-corrected chi connectivity index (χ1v) is 6.46. The minimum Gasteiger partial charge on any atom is -0.462 e. The number of para-hydroxylation sites is 1. The first-order chi connectivity index (χ1) is 9.02. The number of hydrogen-bond donors (Lipinski definition) is 2. The molecule has 0 saturated carbocycles. The number of nitrogen functional groups attached to an aromatic ring is 1. The number of esters is 1. The molecule has 0 aromatic heterocycles. The van der Waals surface area contributed by atoms with E-state index in [4.69, 9.17) is 10.5 Å². The van der Waals surface area contributed by atoms with Crippen molar-refractivity contribution in [2.75, 3.05) is 30.4 Å². The summed E-state index contributed by atoms with van der Waals surface area (Å²) in [4.78, 5) is 13.9. The van der Waals surface area contributed by atoms with Crippen LogP contribution in [0.5, 0.6) is 0 Å². The number of carbonyl (C=O) groups is 1. The van der Waals surface area contributed by atoms with E-state index in [1.54, 1.807) is 25.1 Å². The molecule has 0 aliphatic carbocycles. The van der Waals surface area contributed by atoms with E-state index in [2.05, 4.69) is 0 Å². The highest BCUT2D eigenvalue weighted by atomic mass is 16.5. The molecule has 0 atom stereocenters. The largest absolute Gasteiger partial charge is 0.462 e. The van der Waals surface area contributed by atoms with Crippen molar-refractivity contribution in [3.63, 3.8) is 0 Å². The highest BCUT2D eigenvalue weighted by molar-refractivity contribution is 5.99. The summed E-state index contributed by atoms with van der Waals surface area (Å²) < 4.78 is 5.05. The van der Waals surface area contributed by atoms with Crippen molar-refractivity contribution in [2.45, 2.75) is 26.8 Å². The molecule has 5 nitrogen and oxygen atoms in total. The third-order valence-corrected chi connectivity index (χ3v) is 2.81. The van der Waals surface area contributed by atoms with Crippen LogP contribution in [0.4, 0.5) is 11.4 Å². The summed E-state index contributed by atoms with van der Waals surface area (Å²) in [6.45, 7) is 6.45. The third kappa shape index (κ3) is 3.61. The van der Waals surface area contributed by atoms with Gasteiger partial charge in [-0.2, -0.15) is 0 Å². The fourth-order valence-electron chi connectivity index (χ4n) is 1.99. The predicted octanol–water partition coefficient (Wildman–Crippen LogP) is 1.65. The topological polar surface area (TPSA) is 75.8 Å². The molecule has 5 heteroatoms. The maximum atomic E-state index is 12.0. The molecule has 0 fully saturated rings. The Labute approximate surface area is 114 Å². The number of hydrogen-bond acceptors (Lipinski definition) is 5. The molecular weight excluding hydrogens is 244 g/mol. The monoisotopic (exact) mass is 266 g/mol. The maximum Gasteiger partial charge on any atom is 0.340 e. The molecule has 0 amide bonds. The Morgan fingerprint density at radius 2 is 2.16 bits per heavy atom. The van der Waals surface area contributed by atoms with E-state index in [-0.39, 0.29) is 12.6 Å². The number of aliphatic hydroxyl groups excluding tert-OH is 1. The second kappa shape index (κ2) is 6.99. The summed E-state index contributed by atoms with van der Waals surface area (Å²) in [5, 5.41) is 9.17. The van der Waals surface area contributed by atoms with Crippen molar-refractivity contribution < 1.29 is 14.6 Å². The molecule has 0 spiro atoms. The van der Waals surface area contributed by atoms with Crippen LogP contribution in [0.3, 0.4) is 0 Å². The van der Waals surface area contributed by atoms with E-state index in [1.807, 2.05) is 18.7 Å². The van der Waals surface area contributed by atoms with E-state index in [0.29, 0.717) is 30.1 Å². The zero-order valence-electron chi connectivity index (χ0n) is 11.7. The van der Waals surface area contributed by atoms with Crippen molar-refractivity contribution in [1.29, 1.82) is 0 Å². The van der Waals surface area contributed by atoms with Crippen molar-refractivity contribution >= 4 is 17.3 Å². The van der Waals surface area contributed by atoms with Gasteiger partial charge in [0.2, 0.25) is 0 Å². The summed E-state index contributed by atoms with van der Waals surface area (Å²) in [6, 6.07) is 5.27. The van der Waals surface area contributed by atoms with Crippen LogP contribution in [0, 0.1) is 0 Å². The summed E-state index contributed by atoms with van der Waals surface area (Å²) in [6.07, 6.45) is 0. The molecule has 0 bridgehead atoms. The normalized spacial score (nSPS) is 10.6. The standard InChI is InChI=1S/C14H22N2O3/c1-4-19-14(18)11-6-5-7-12(15)13(11)16(8-9-17)10(2)3/h5-7,10,17H,4,8-9,15H2,1-3H3. The maximum absolute atomic E-state index is 12.0. The minimum atomic E-state index is -0.395. The second-order valence-electron chi connectivity index (χ2n) is 4.47. The van der Waals surface area contributed by atoms with Crippen molar-refractivity contribution in [1.82, 2.24) is 0 Å². The zero-order chi connectivity index (χ0) is 14.4. The van der Waals surface area contributed by atoms with Gasteiger partial charge in [0, 0.05) is 12.6 Å². The Bertz CT molecular complexity index is 433. The fourth-order valence-corrected chi connectivity index (χ4v) is 1.99. The lowest BCUT2D eigenvalue weighted by atomic mass is 10.1. The molecule has 1 aromatic carbocycles. The number of benzene rings is 1. The molecule has 0 aliphatic heterocycles.